The third-order valence-corrected chi connectivity index (χ3v) is 5.67. The van der Waals surface area contributed by atoms with Crippen molar-refractivity contribution in [1.82, 2.24) is 4.98 Å². The summed E-state index contributed by atoms with van der Waals surface area (Å²) in [5, 5.41) is 0. The Hall–Kier alpha value is -1.67. The van der Waals surface area contributed by atoms with E-state index in [0.717, 1.165) is 12.8 Å². The van der Waals surface area contributed by atoms with E-state index in [-0.39, 0.29) is 11.5 Å². The normalized spacial score (nSPS) is 24.1. The summed E-state index contributed by atoms with van der Waals surface area (Å²) in [6, 6.07) is 15.3. The Labute approximate surface area is 126 Å². The van der Waals surface area contributed by atoms with Crippen molar-refractivity contribution in [2.75, 3.05) is 0 Å². The number of hydrogen-bond acceptors (Lipinski definition) is 2. The zero-order valence-corrected chi connectivity index (χ0v) is 12.3. The van der Waals surface area contributed by atoms with Gasteiger partial charge < -0.3 is 5.73 Å². The van der Waals surface area contributed by atoms with Gasteiger partial charge >= 0.3 is 0 Å². The van der Waals surface area contributed by atoms with Crippen LogP contribution >= 0.6 is 0 Å². The summed E-state index contributed by atoms with van der Waals surface area (Å²) in [6.45, 7) is 0. The summed E-state index contributed by atoms with van der Waals surface area (Å²) >= 11 is 0. The Morgan fingerprint density at radius 1 is 1.10 bits per heavy atom. The predicted molar refractivity (Wildman–Crippen MR) is 85.2 cm³/mol. The zero-order valence-electron chi connectivity index (χ0n) is 12.3. The van der Waals surface area contributed by atoms with Gasteiger partial charge in [-0.25, -0.2) is 0 Å². The second-order valence-corrected chi connectivity index (χ2v) is 6.59. The summed E-state index contributed by atoms with van der Waals surface area (Å²) in [5.41, 5.74) is 11.1. The van der Waals surface area contributed by atoms with Crippen LogP contribution in [0.4, 0.5) is 0 Å². The lowest BCUT2D eigenvalue weighted by molar-refractivity contribution is 0.174. The van der Waals surface area contributed by atoms with Crippen LogP contribution in [0.1, 0.15) is 48.4 Å². The number of pyridine rings is 1. The summed E-state index contributed by atoms with van der Waals surface area (Å²) in [6.07, 6.45) is 7.94. The monoisotopic (exact) mass is 278 g/mol. The van der Waals surface area contributed by atoms with Crippen LogP contribution in [0.15, 0.2) is 48.7 Å². The molecule has 0 spiro atoms. The number of aromatic nitrogens is 1. The van der Waals surface area contributed by atoms with Crippen molar-refractivity contribution in [2.24, 2.45) is 5.73 Å². The fourth-order valence-electron chi connectivity index (χ4n) is 4.32. The predicted octanol–water partition coefficient (Wildman–Crippen LogP) is 3.56. The summed E-state index contributed by atoms with van der Waals surface area (Å²) < 4.78 is 0. The third kappa shape index (κ3) is 1.93. The second kappa shape index (κ2) is 4.96. The molecular weight excluding hydrogens is 256 g/mol. The van der Waals surface area contributed by atoms with Gasteiger partial charge in [-0.3, -0.25) is 4.98 Å². The molecule has 0 saturated heterocycles. The number of aryl methyl sites for hydroxylation is 1. The third-order valence-electron chi connectivity index (χ3n) is 5.67. The SMILES string of the molecule is NC(C1CCc2cccnc21)C1(c2ccccc2)CCC1. The molecule has 1 saturated carbocycles. The minimum Gasteiger partial charge on any atom is -0.326 e. The van der Waals surface area contributed by atoms with Crippen LogP contribution in [-0.2, 0) is 11.8 Å². The molecule has 108 valence electrons. The number of hydrogen-bond donors (Lipinski definition) is 1. The first kappa shape index (κ1) is 13.0. The summed E-state index contributed by atoms with van der Waals surface area (Å²) in [4.78, 5) is 4.65. The largest absolute Gasteiger partial charge is 0.326 e. The number of rotatable bonds is 3. The molecule has 0 aliphatic heterocycles. The van der Waals surface area contributed by atoms with E-state index >= 15 is 0 Å². The summed E-state index contributed by atoms with van der Waals surface area (Å²) in [5.74, 6) is 0.418. The van der Waals surface area contributed by atoms with E-state index in [2.05, 4.69) is 41.4 Å². The van der Waals surface area contributed by atoms with Crippen LogP contribution in [0.3, 0.4) is 0 Å². The van der Waals surface area contributed by atoms with Gasteiger partial charge in [0.25, 0.3) is 0 Å². The zero-order chi connectivity index (χ0) is 14.3. The van der Waals surface area contributed by atoms with Crippen LogP contribution < -0.4 is 5.73 Å². The van der Waals surface area contributed by atoms with E-state index in [4.69, 9.17) is 5.73 Å². The standard InChI is InChI=1S/C19H22N2/c20-18(16-10-9-14-6-4-13-21-17(14)16)19(11-5-12-19)15-7-2-1-3-8-15/h1-4,6-8,13,16,18H,5,9-12,20H2. The summed E-state index contributed by atoms with van der Waals surface area (Å²) in [7, 11) is 0. The van der Waals surface area contributed by atoms with E-state index in [9.17, 15) is 0 Å². The minimum absolute atomic E-state index is 0.172. The molecule has 0 bridgehead atoms. The molecule has 2 aliphatic carbocycles. The lowest BCUT2D eigenvalue weighted by Crippen LogP contribution is -2.53. The van der Waals surface area contributed by atoms with Gasteiger partial charge in [-0.2, -0.15) is 0 Å². The van der Waals surface area contributed by atoms with Crippen LogP contribution in [0.25, 0.3) is 0 Å². The number of benzene rings is 1. The van der Waals surface area contributed by atoms with Gasteiger partial charge in [0.15, 0.2) is 0 Å². The Kier molecular flexibility index (Phi) is 3.07. The molecule has 2 N–H and O–H groups in total. The molecule has 2 unspecified atom stereocenters. The minimum atomic E-state index is 0.172. The molecule has 2 aromatic rings. The molecule has 21 heavy (non-hydrogen) atoms. The van der Waals surface area contributed by atoms with Crippen molar-refractivity contribution in [3.05, 3.63) is 65.5 Å². The van der Waals surface area contributed by atoms with Crippen LogP contribution in [-0.4, -0.2) is 11.0 Å². The molecule has 4 rings (SSSR count). The van der Waals surface area contributed by atoms with Crippen LogP contribution in [0.5, 0.6) is 0 Å². The topological polar surface area (TPSA) is 38.9 Å². The Morgan fingerprint density at radius 3 is 2.62 bits per heavy atom. The number of fused-ring (bicyclic) bond motifs is 1. The fourth-order valence-corrected chi connectivity index (χ4v) is 4.32. The molecule has 1 fully saturated rings. The molecule has 1 aromatic carbocycles. The maximum absolute atomic E-state index is 6.83. The van der Waals surface area contributed by atoms with Gasteiger partial charge in [0.2, 0.25) is 0 Å². The first-order valence-electron chi connectivity index (χ1n) is 8.06. The van der Waals surface area contributed by atoms with Gasteiger partial charge in [-0.05, 0) is 42.9 Å². The van der Waals surface area contributed by atoms with Crippen LogP contribution in [0.2, 0.25) is 0 Å². The van der Waals surface area contributed by atoms with Crippen molar-refractivity contribution in [1.29, 1.82) is 0 Å². The van der Waals surface area contributed by atoms with Gasteiger partial charge in [0.05, 0.1) is 0 Å². The lowest BCUT2D eigenvalue weighted by Gasteiger charge is -2.49. The average molecular weight is 278 g/mol. The van der Waals surface area contributed by atoms with Crippen molar-refractivity contribution in [3.8, 4) is 0 Å². The van der Waals surface area contributed by atoms with Gasteiger partial charge in [-0.1, -0.05) is 42.8 Å². The quantitative estimate of drug-likeness (QED) is 0.932. The van der Waals surface area contributed by atoms with Crippen molar-refractivity contribution >= 4 is 0 Å². The van der Waals surface area contributed by atoms with Crippen LogP contribution in [0, 0.1) is 0 Å². The molecule has 2 atom stereocenters. The van der Waals surface area contributed by atoms with Gasteiger partial charge in [-0.15, -0.1) is 0 Å². The highest BCUT2D eigenvalue weighted by atomic mass is 14.8. The highest BCUT2D eigenvalue weighted by Crippen LogP contribution is 2.51. The highest BCUT2D eigenvalue weighted by molar-refractivity contribution is 5.36. The molecule has 2 nitrogen and oxygen atoms in total. The fraction of sp³-hybridized carbons (Fsp3) is 0.421. The molecular formula is C19H22N2. The maximum atomic E-state index is 6.83. The highest BCUT2D eigenvalue weighted by Gasteiger charge is 2.48. The van der Waals surface area contributed by atoms with Gasteiger partial charge in [0, 0.05) is 29.3 Å². The van der Waals surface area contributed by atoms with E-state index in [1.807, 2.05) is 12.3 Å². The van der Waals surface area contributed by atoms with Crippen molar-refractivity contribution in [3.63, 3.8) is 0 Å². The first-order chi connectivity index (χ1) is 10.3. The first-order valence-corrected chi connectivity index (χ1v) is 8.06. The Balaban J connectivity index is 1.70. The number of nitrogens with two attached hydrogens (primary N) is 1. The molecule has 2 heteroatoms. The van der Waals surface area contributed by atoms with Crippen molar-refractivity contribution in [2.45, 2.75) is 49.5 Å². The maximum Gasteiger partial charge on any atom is 0.0482 e. The van der Waals surface area contributed by atoms with E-state index in [1.54, 1.807) is 0 Å². The number of nitrogens with zero attached hydrogens (tertiary/aromatic N) is 1. The van der Waals surface area contributed by atoms with Gasteiger partial charge in [0.1, 0.15) is 0 Å². The smallest absolute Gasteiger partial charge is 0.0482 e. The van der Waals surface area contributed by atoms with Crippen molar-refractivity contribution < 1.29 is 0 Å². The molecule has 2 aliphatic rings. The lowest BCUT2D eigenvalue weighted by atomic mass is 9.57. The molecule has 0 amide bonds. The van der Waals surface area contributed by atoms with E-state index in [1.165, 1.54) is 36.1 Å². The Morgan fingerprint density at radius 2 is 1.90 bits per heavy atom. The Bertz CT molecular complexity index is 631. The molecule has 1 heterocycles. The average Bonchev–Trinajstić information content (AvgIpc) is 2.91. The van der Waals surface area contributed by atoms with E-state index in [0.29, 0.717) is 5.92 Å². The second-order valence-electron chi connectivity index (χ2n) is 6.59. The molecule has 1 aromatic heterocycles. The van der Waals surface area contributed by atoms with E-state index < -0.39 is 0 Å². The molecule has 0 radical (unpaired) electrons.